The molecule has 2 rings (SSSR count). The highest BCUT2D eigenvalue weighted by Crippen LogP contribution is 2.27. The van der Waals surface area contributed by atoms with Crippen LogP contribution >= 0.6 is 0 Å². The molecular formula is C15H16FNO3S. The Morgan fingerprint density at radius 1 is 1.19 bits per heavy atom. The Kier molecular flexibility index (Phi) is 4.59. The summed E-state index contributed by atoms with van der Waals surface area (Å²) in [6, 6.07) is 10.5. The lowest BCUT2D eigenvalue weighted by Crippen LogP contribution is -2.09. The first kappa shape index (κ1) is 15.5. The average Bonchev–Trinajstić information content (AvgIpc) is 2.49. The Balaban J connectivity index is 2.42. The summed E-state index contributed by atoms with van der Waals surface area (Å²) in [7, 11) is -2.32. The zero-order valence-electron chi connectivity index (χ0n) is 11.5. The molecule has 4 nitrogen and oxygen atoms in total. The lowest BCUT2D eigenvalue weighted by Gasteiger charge is -2.10. The third-order valence-corrected chi connectivity index (χ3v) is 4.79. The molecule has 0 unspecified atom stereocenters. The molecule has 0 aliphatic rings. The number of para-hydroxylation sites is 1. The number of nitrogens with two attached hydrogens (primary N) is 1. The van der Waals surface area contributed by atoms with Crippen LogP contribution in [-0.4, -0.2) is 15.5 Å². The van der Waals surface area contributed by atoms with Crippen molar-refractivity contribution < 1.29 is 17.5 Å². The minimum absolute atomic E-state index is 0.0463. The van der Waals surface area contributed by atoms with Gasteiger partial charge in [-0.15, -0.1) is 0 Å². The topological polar surface area (TPSA) is 69.4 Å². The molecule has 2 aromatic carbocycles. The van der Waals surface area contributed by atoms with Crippen LogP contribution < -0.4 is 10.5 Å². The quantitative estimate of drug-likeness (QED) is 0.920. The van der Waals surface area contributed by atoms with Crippen LogP contribution in [0.4, 0.5) is 4.39 Å². The van der Waals surface area contributed by atoms with Crippen molar-refractivity contribution in [2.45, 2.75) is 17.2 Å². The highest BCUT2D eigenvalue weighted by molar-refractivity contribution is 7.90. The first-order valence-corrected chi connectivity index (χ1v) is 7.96. The number of hydrogen-bond donors (Lipinski definition) is 1. The Bertz CT molecular complexity index is 744. The summed E-state index contributed by atoms with van der Waals surface area (Å²) in [6.45, 7) is 0.224. The minimum atomic E-state index is -3.71. The number of rotatable bonds is 5. The van der Waals surface area contributed by atoms with E-state index in [-0.39, 0.29) is 22.8 Å². The normalized spacial score (nSPS) is 11.4. The van der Waals surface area contributed by atoms with Gasteiger partial charge in [-0.25, -0.2) is 12.8 Å². The molecule has 0 radical (unpaired) electrons. The van der Waals surface area contributed by atoms with Gasteiger partial charge in [-0.3, -0.25) is 0 Å². The lowest BCUT2D eigenvalue weighted by molar-refractivity contribution is 0.402. The van der Waals surface area contributed by atoms with Crippen LogP contribution in [0.25, 0.3) is 0 Å². The summed E-state index contributed by atoms with van der Waals surface area (Å²) in [5, 5.41) is 0. The molecule has 0 aliphatic carbocycles. The van der Waals surface area contributed by atoms with Gasteiger partial charge in [0, 0.05) is 12.1 Å². The highest BCUT2D eigenvalue weighted by Gasteiger charge is 2.21. The monoisotopic (exact) mass is 309 g/mol. The second-order valence-electron chi connectivity index (χ2n) is 4.54. The van der Waals surface area contributed by atoms with E-state index < -0.39 is 21.4 Å². The maximum Gasteiger partial charge on any atom is 0.186 e. The van der Waals surface area contributed by atoms with Crippen molar-refractivity contribution in [3.63, 3.8) is 0 Å². The van der Waals surface area contributed by atoms with E-state index >= 15 is 0 Å². The summed E-state index contributed by atoms with van der Waals surface area (Å²) in [5.74, 6) is -0.758. The second kappa shape index (κ2) is 6.24. The lowest BCUT2D eigenvalue weighted by atomic mass is 10.1. The van der Waals surface area contributed by atoms with Crippen molar-refractivity contribution in [3.8, 4) is 5.75 Å². The van der Waals surface area contributed by atoms with Crippen molar-refractivity contribution in [3.05, 3.63) is 59.4 Å². The summed E-state index contributed by atoms with van der Waals surface area (Å²) in [4.78, 5) is 0.0463. The van der Waals surface area contributed by atoms with Crippen LogP contribution in [0.1, 0.15) is 11.1 Å². The molecule has 0 atom stereocenters. The molecule has 0 spiro atoms. The van der Waals surface area contributed by atoms with Crippen LogP contribution in [0, 0.1) is 5.82 Å². The Morgan fingerprint density at radius 2 is 1.90 bits per heavy atom. The predicted octanol–water partition coefficient (Wildman–Crippen LogP) is 2.27. The van der Waals surface area contributed by atoms with E-state index in [1.165, 1.54) is 31.4 Å². The van der Waals surface area contributed by atoms with Crippen LogP contribution in [0.15, 0.2) is 47.4 Å². The van der Waals surface area contributed by atoms with E-state index in [2.05, 4.69) is 0 Å². The zero-order valence-corrected chi connectivity index (χ0v) is 12.4. The van der Waals surface area contributed by atoms with Crippen LogP contribution in [0.2, 0.25) is 0 Å². The van der Waals surface area contributed by atoms with E-state index in [0.29, 0.717) is 5.56 Å². The zero-order chi connectivity index (χ0) is 15.5. The van der Waals surface area contributed by atoms with Gasteiger partial charge >= 0.3 is 0 Å². The summed E-state index contributed by atoms with van der Waals surface area (Å²) >= 11 is 0. The van der Waals surface area contributed by atoms with Gasteiger partial charge in [-0.1, -0.05) is 24.3 Å². The van der Waals surface area contributed by atoms with Gasteiger partial charge in [0.15, 0.2) is 9.84 Å². The minimum Gasteiger partial charge on any atom is -0.495 e. The van der Waals surface area contributed by atoms with E-state index in [1.807, 2.05) is 0 Å². The Hall–Kier alpha value is -1.92. The molecule has 0 heterocycles. The van der Waals surface area contributed by atoms with Crippen molar-refractivity contribution in [2.75, 3.05) is 7.11 Å². The third-order valence-electron chi connectivity index (χ3n) is 3.10. The highest BCUT2D eigenvalue weighted by atomic mass is 32.2. The molecule has 21 heavy (non-hydrogen) atoms. The molecule has 0 saturated carbocycles. The number of hydrogen-bond acceptors (Lipinski definition) is 4. The maximum atomic E-state index is 13.8. The van der Waals surface area contributed by atoms with E-state index in [4.69, 9.17) is 10.5 Å². The van der Waals surface area contributed by atoms with Crippen LogP contribution in [-0.2, 0) is 22.1 Å². The predicted molar refractivity (Wildman–Crippen MR) is 78.2 cm³/mol. The van der Waals surface area contributed by atoms with Crippen molar-refractivity contribution >= 4 is 9.84 Å². The van der Waals surface area contributed by atoms with Crippen molar-refractivity contribution in [2.24, 2.45) is 5.73 Å². The van der Waals surface area contributed by atoms with Gasteiger partial charge in [0.1, 0.15) is 16.5 Å². The SMILES string of the molecule is COc1ccccc1S(=O)(=O)Cc1cc(CN)ccc1F. The summed E-state index contributed by atoms with van der Waals surface area (Å²) in [6.07, 6.45) is 0. The van der Waals surface area contributed by atoms with Crippen LogP contribution in [0.5, 0.6) is 5.75 Å². The fraction of sp³-hybridized carbons (Fsp3) is 0.200. The number of halogens is 1. The standard InChI is InChI=1S/C15H16FNO3S/c1-20-14-4-2-3-5-15(14)21(18,19)10-12-8-11(9-17)6-7-13(12)16/h2-8H,9-10,17H2,1H3. The first-order chi connectivity index (χ1) is 9.97. The molecule has 112 valence electrons. The van der Waals surface area contributed by atoms with Crippen molar-refractivity contribution in [1.29, 1.82) is 0 Å². The molecule has 0 aromatic heterocycles. The van der Waals surface area contributed by atoms with Crippen molar-refractivity contribution in [1.82, 2.24) is 0 Å². The molecule has 0 aliphatic heterocycles. The second-order valence-corrected chi connectivity index (χ2v) is 6.50. The van der Waals surface area contributed by atoms with Crippen LogP contribution in [0.3, 0.4) is 0 Å². The maximum absolute atomic E-state index is 13.8. The fourth-order valence-corrected chi connectivity index (χ4v) is 3.55. The first-order valence-electron chi connectivity index (χ1n) is 6.31. The molecule has 0 saturated heterocycles. The molecular weight excluding hydrogens is 293 g/mol. The number of benzene rings is 2. The molecule has 2 N–H and O–H groups in total. The molecule has 0 amide bonds. The fourth-order valence-electron chi connectivity index (χ4n) is 2.02. The van der Waals surface area contributed by atoms with Gasteiger partial charge in [-0.2, -0.15) is 0 Å². The Morgan fingerprint density at radius 3 is 2.57 bits per heavy atom. The summed E-state index contributed by atoms with van der Waals surface area (Å²) in [5.41, 5.74) is 6.28. The summed E-state index contributed by atoms with van der Waals surface area (Å²) < 4.78 is 43.8. The van der Waals surface area contributed by atoms with E-state index in [0.717, 1.165) is 0 Å². The molecule has 6 heteroatoms. The third kappa shape index (κ3) is 3.40. The van der Waals surface area contributed by atoms with Gasteiger partial charge in [-0.05, 0) is 23.8 Å². The van der Waals surface area contributed by atoms with Gasteiger partial charge in [0.05, 0.1) is 12.9 Å². The Labute approximate surface area is 123 Å². The van der Waals surface area contributed by atoms with E-state index in [1.54, 1.807) is 18.2 Å². The average molecular weight is 309 g/mol. The smallest absolute Gasteiger partial charge is 0.186 e. The van der Waals surface area contributed by atoms with Gasteiger partial charge in [0.2, 0.25) is 0 Å². The molecule has 0 bridgehead atoms. The van der Waals surface area contributed by atoms with E-state index in [9.17, 15) is 12.8 Å². The molecule has 0 fully saturated rings. The van der Waals surface area contributed by atoms with Gasteiger partial charge in [0.25, 0.3) is 0 Å². The molecule has 2 aromatic rings. The number of sulfone groups is 1. The number of methoxy groups -OCH3 is 1. The van der Waals surface area contributed by atoms with Gasteiger partial charge < -0.3 is 10.5 Å². The largest absolute Gasteiger partial charge is 0.495 e. The number of ether oxygens (including phenoxy) is 1.